The molecule has 0 aromatic heterocycles. The Balaban J connectivity index is 2.25. The minimum atomic E-state index is -0.603. The quantitative estimate of drug-likeness (QED) is 0.398. The molecule has 2 aromatic rings. The Hall–Kier alpha value is -1.82. The van der Waals surface area contributed by atoms with Crippen LogP contribution in [0.5, 0.6) is 0 Å². The van der Waals surface area contributed by atoms with Crippen LogP contribution in [0.2, 0.25) is 0 Å². The van der Waals surface area contributed by atoms with Crippen molar-refractivity contribution in [3.63, 3.8) is 0 Å². The second kappa shape index (κ2) is 9.35. The summed E-state index contributed by atoms with van der Waals surface area (Å²) in [6, 6.07) is 20.1. The summed E-state index contributed by atoms with van der Waals surface area (Å²) >= 11 is -0.603. The minimum Gasteiger partial charge on any atom is -0.462 e. The third kappa shape index (κ3) is 5.71. The van der Waals surface area contributed by atoms with E-state index in [0.717, 1.165) is 14.8 Å². The molecule has 0 amide bonds. The summed E-state index contributed by atoms with van der Waals surface area (Å²) in [5.41, 5.74) is 1.91. The van der Waals surface area contributed by atoms with Crippen molar-refractivity contribution < 1.29 is 9.53 Å². The van der Waals surface area contributed by atoms with E-state index in [1.54, 1.807) is 0 Å². The molecule has 0 bridgehead atoms. The second-order valence-corrected chi connectivity index (χ2v) is 7.68. The Morgan fingerprint density at radius 2 is 1.65 bits per heavy atom. The molecule has 0 aliphatic carbocycles. The van der Waals surface area contributed by atoms with Gasteiger partial charge in [-0.1, -0.05) is 69.3 Å². The van der Waals surface area contributed by atoms with Crippen LogP contribution in [0.25, 0.3) is 0 Å². The largest absolute Gasteiger partial charge is 0.462 e. The number of hydrogen-bond acceptors (Lipinski definition) is 3. The van der Waals surface area contributed by atoms with E-state index in [4.69, 9.17) is 4.74 Å². The molecule has 120 valence electrons. The summed E-state index contributed by atoms with van der Waals surface area (Å²) < 4.78 is 7.13. The number of hydrogen-bond donors (Lipinski definition) is 0. The van der Waals surface area contributed by atoms with Gasteiger partial charge in [0.15, 0.2) is 0 Å². The summed E-state index contributed by atoms with van der Waals surface area (Å²) in [5.74, 6) is -0.238. The van der Waals surface area contributed by atoms with Crippen LogP contribution in [0.1, 0.15) is 19.4 Å². The topological polar surface area (TPSA) is 38.7 Å². The highest BCUT2D eigenvalue weighted by atomic mass is 127. The maximum atomic E-state index is 12.3. The number of nitrogens with zero attached hydrogens (tertiary/aromatic N) is 1. The lowest BCUT2D eigenvalue weighted by Gasteiger charge is -2.07. The van der Waals surface area contributed by atoms with Crippen LogP contribution < -0.4 is 0 Å². The smallest absolute Gasteiger partial charge is 0.345 e. The lowest BCUT2D eigenvalue weighted by Crippen LogP contribution is -2.23. The van der Waals surface area contributed by atoms with Crippen molar-refractivity contribution in [1.82, 2.24) is 0 Å². The normalized spacial score (nSPS) is 12.4. The molecule has 0 saturated carbocycles. The van der Waals surface area contributed by atoms with Gasteiger partial charge in [-0.3, -0.25) is 4.99 Å². The van der Waals surface area contributed by atoms with Crippen molar-refractivity contribution in [1.29, 1.82) is 0 Å². The van der Waals surface area contributed by atoms with Gasteiger partial charge in [-0.2, -0.15) is 0 Å². The average molecular weight is 421 g/mol. The zero-order valence-electron chi connectivity index (χ0n) is 13.3. The summed E-state index contributed by atoms with van der Waals surface area (Å²) in [5, 5.41) is 0. The molecule has 4 heteroatoms. The third-order valence-corrected chi connectivity index (χ3v) is 6.15. The fourth-order valence-electron chi connectivity index (χ4n) is 1.90. The minimum absolute atomic E-state index is 0.238. The van der Waals surface area contributed by atoms with Gasteiger partial charge in [0.25, 0.3) is 0 Å². The van der Waals surface area contributed by atoms with Crippen molar-refractivity contribution in [2.24, 2.45) is 4.99 Å². The lowest BCUT2D eigenvalue weighted by atomic mass is 10.2. The van der Waals surface area contributed by atoms with Crippen molar-refractivity contribution in [2.45, 2.75) is 20.4 Å². The van der Waals surface area contributed by atoms with E-state index in [-0.39, 0.29) is 5.97 Å². The highest BCUT2D eigenvalue weighted by Crippen LogP contribution is 2.15. The fraction of sp³-hybridized carbons (Fsp3) is 0.211. The van der Waals surface area contributed by atoms with Crippen LogP contribution in [0.3, 0.4) is 0 Å². The molecular weight excluding hydrogens is 401 g/mol. The van der Waals surface area contributed by atoms with Crippen molar-refractivity contribution in [3.8, 4) is 0 Å². The van der Waals surface area contributed by atoms with Gasteiger partial charge in [0.1, 0.15) is 3.51 Å². The molecule has 23 heavy (non-hydrogen) atoms. The Morgan fingerprint density at radius 1 is 1.04 bits per heavy atom. The SMILES string of the molecule is CCOC(=O)C(=Ic1ccccc1)C(C)=NCc1ccccc1. The summed E-state index contributed by atoms with van der Waals surface area (Å²) in [7, 11) is 0. The number of benzene rings is 2. The zero-order chi connectivity index (χ0) is 16.5. The molecule has 2 rings (SSSR count). The fourth-order valence-corrected chi connectivity index (χ4v) is 4.23. The highest BCUT2D eigenvalue weighted by Gasteiger charge is 2.15. The molecule has 0 atom stereocenters. The van der Waals surface area contributed by atoms with Gasteiger partial charge < -0.3 is 4.74 Å². The number of carbonyl (C=O) groups is 1. The number of aliphatic imine (C=N–C) groups is 1. The van der Waals surface area contributed by atoms with E-state index in [1.165, 1.54) is 3.57 Å². The van der Waals surface area contributed by atoms with E-state index < -0.39 is 20.7 Å². The predicted molar refractivity (Wildman–Crippen MR) is 104 cm³/mol. The van der Waals surface area contributed by atoms with Crippen molar-refractivity contribution >= 4 is 35.9 Å². The first kappa shape index (κ1) is 17.5. The molecular formula is C19H20INO2. The molecule has 0 spiro atoms. The summed E-state index contributed by atoms with van der Waals surface area (Å²) in [6.07, 6.45) is 0. The molecule has 0 aliphatic rings. The summed E-state index contributed by atoms with van der Waals surface area (Å²) in [6.45, 7) is 4.69. The monoisotopic (exact) mass is 421 g/mol. The second-order valence-electron chi connectivity index (χ2n) is 4.81. The van der Waals surface area contributed by atoms with Crippen LogP contribution in [-0.4, -0.2) is 21.8 Å². The molecule has 0 N–H and O–H groups in total. The van der Waals surface area contributed by atoms with E-state index >= 15 is 0 Å². The van der Waals surface area contributed by atoms with Crippen LogP contribution in [0.15, 0.2) is 65.7 Å². The van der Waals surface area contributed by atoms with Crippen molar-refractivity contribution in [3.05, 3.63) is 69.8 Å². The van der Waals surface area contributed by atoms with E-state index in [2.05, 4.69) is 17.1 Å². The first-order valence-electron chi connectivity index (χ1n) is 7.50. The maximum absolute atomic E-state index is 12.3. The molecule has 0 heterocycles. The molecule has 2 aromatic carbocycles. The van der Waals surface area contributed by atoms with Gasteiger partial charge in [0.2, 0.25) is 0 Å². The van der Waals surface area contributed by atoms with Gasteiger partial charge in [-0.25, -0.2) is 4.79 Å². The lowest BCUT2D eigenvalue weighted by molar-refractivity contribution is -0.134. The Labute approximate surface area is 147 Å². The predicted octanol–water partition coefficient (Wildman–Crippen LogP) is 4.22. The third-order valence-electron chi connectivity index (χ3n) is 3.05. The first-order valence-corrected chi connectivity index (χ1v) is 9.65. The van der Waals surface area contributed by atoms with Crippen LogP contribution in [0, 0.1) is 3.57 Å². The molecule has 0 radical (unpaired) electrons. The summed E-state index contributed by atoms with van der Waals surface area (Å²) in [4.78, 5) is 16.9. The number of halogens is 1. The molecule has 0 aliphatic heterocycles. The standard InChI is InChI=1S/C19H20INO2/c1-3-23-19(22)18(20-17-12-8-5-9-13-17)15(2)21-14-16-10-6-4-7-11-16/h4-13H,3,14H2,1-2H3. The van der Waals surface area contributed by atoms with E-state index in [1.807, 2.05) is 62.4 Å². The number of esters is 1. The van der Waals surface area contributed by atoms with Gasteiger partial charge in [0, 0.05) is 3.57 Å². The Kier molecular flexibility index (Phi) is 7.13. The average Bonchev–Trinajstić information content (AvgIpc) is 2.59. The number of ether oxygens (including phenoxy) is 1. The van der Waals surface area contributed by atoms with E-state index in [9.17, 15) is 4.79 Å². The van der Waals surface area contributed by atoms with Gasteiger partial charge in [-0.05, 0) is 31.5 Å². The first-order chi connectivity index (χ1) is 11.2. The molecule has 0 saturated heterocycles. The van der Waals surface area contributed by atoms with E-state index in [0.29, 0.717) is 13.2 Å². The van der Waals surface area contributed by atoms with Crippen LogP contribution >= 0.6 is 20.7 Å². The van der Waals surface area contributed by atoms with Crippen LogP contribution in [-0.2, 0) is 16.1 Å². The molecule has 3 nitrogen and oxygen atoms in total. The van der Waals surface area contributed by atoms with Gasteiger partial charge in [0.05, 0.1) is 18.9 Å². The Morgan fingerprint density at radius 3 is 2.26 bits per heavy atom. The van der Waals surface area contributed by atoms with Gasteiger partial charge >= 0.3 is 5.97 Å². The van der Waals surface area contributed by atoms with Gasteiger partial charge in [-0.15, -0.1) is 0 Å². The van der Waals surface area contributed by atoms with Crippen LogP contribution in [0.4, 0.5) is 0 Å². The maximum Gasteiger partial charge on any atom is 0.345 e. The highest BCUT2D eigenvalue weighted by molar-refractivity contribution is 14.2. The number of carbonyl (C=O) groups excluding carboxylic acids is 1. The Bertz CT molecular complexity index is 694. The molecule has 0 unspecified atom stereocenters. The van der Waals surface area contributed by atoms with Crippen molar-refractivity contribution in [2.75, 3.05) is 6.61 Å². The molecule has 0 fully saturated rings. The number of rotatable bonds is 6. The zero-order valence-corrected chi connectivity index (χ0v) is 15.5.